The summed E-state index contributed by atoms with van der Waals surface area (Å²) in [6.45, 7) is 1.28. The average Bonchev–Trinajstić information content (AvgIpc) is 2.86. The van der Waals surface area contributed by atoms with Gasteiger partial charge in [-0.15, -0.1) is 0 Å². The number of amides is 2. The molecule has 2 N–H and O–H groups in total. The molecule has 0 saturated carbocycles. The predicted octanol–water partition coefficient (Wildman–Crippen LogP) is 3.45. The Balaban J connectivity index is 1.33. The molecule has 2 aliphatic rings. The summed E-state index contributed by atoms with van der Waals surface area (Å²) in [7, 11) is -2.56. The van der Waals surface area contributed by atoms with E-state index in [1.165, 1.54) is 18.2 Å². The second-order valence-electron chi connectivity index (χ2n) is 9.01. The van der Waals surface area contributed by atoms with E-state index in [0.29, 0.717) is 31.1 Å². The number of pyridine rings is 1. The van der Waals surface area contributed by atoms with Gasteiger partial charge in [0.2, 0.25) is 0 Å². The van der Waals surface area contributed by atoms with Gasteiger partial charge in [0.05, 0.1) is 12.0 Å². The lowest BCUT2D eigenvalue weighted by Crippen LogP contribution is -2.50. The largest absolute Gasteiger partial charge is 0.497 e. The number of rotatable bonds is 5. The molecule has 9 nitrogen and oxygen atoms in total. The number of halogens is 1. The van der Waals surface area contributed by atoms with Gasteiger partial charge in [-0.3, -0.25) is 9.52 Å². The number of hydrogen-bond donors (Lipinski definition) is 2. The number of nitrogens with one attached hydrogen (secondary N) is 2. The maximum absolute atomic E-state index is 13.5. The van der Waals surface area contributed by atoms with Crippen molar-refractivity contribution in [2.45, 2.75) is 23.8 Å². The summed E-state index contributed by atoms with van der Waals surface area (Å²) in [5, 5.41) is 2.90. The predicted molar refractivity (Wildman–Crippen MR) is 132 cm³/mol. The molecule has 1 saturated heterocycles. The van der Waals surface area contributed by atoms with Crippen LogP contribution >= 0.6 is 0 Å². The summed E-state index contributed by atoms with van der Waals surface area (Å²) < 4.78 is 47.9. The van der Waals surface area contributed by atoms with Crippen molar-refractivity contribution in [2.24, 2.45) is 5.92 Å². The Hall–Kier alpha value is -3.86. The number of methoxy groups -OCH3 is 1. The van der Waals surface area contributed by atoms with E-state index in [-0.39, 0.29) is 28.4 Å². The lowest BCUT2D eigenvalue weighted by Gasteiger charge is -2.42. The monoisotopic (exact) mass is 512 g/mol. The summed E-state index contributed by atoms with van der Waals surface area (Å²) in [4.78, 5) is 27.6. The van der Waals surface area contributed by atoms with E-state index in [1.54, 1.807) is 46.9 Å². The highest BCUT2D eigenvalue weighted by atomic mass is 32.2. The topological polar surface area (TPSA) is 110 Å². The Morgan fingerprint density at radius 3 is 2.56 bits per heavy atom. The summed E-state index contributed by atoms with van der Waals surface area (Å²) in [5.74, 6) is -0.0000684. The second kappa shape index (κ2) is 9.30. The third kappa shape index (κ3) is 4.66. The highest BCUT2D eigenvalue weighted by Crippen LogP contribution is 2.36. The Morgan fingerprint density at radius 2 is 1.83 bits per heavy atom. The summed E-state index contributed by atoms with van der Waals surface area (Å²) >= 11 is 0. The molecule has 3 heterocycles. The molecule has 2 amide bonds. The zero-order valence-electron chi connectivity index (χ0n) is 19.5. The van der Waals surface area contributed by atoms with E-state index in [4.69, 9.17) is 4.74 Å². The van der Waals surface area contributed by atoms with Gasteiger partial charge in [0.1, 0.15) is 17.3 Å². The molecule has 2 aliphatic heterocycles. The minimum atomic E-state index is -4.13. The van der Waals surface area contributed by atoms with E-state index in [1.807, 2.05) is 0 Å². The van der Waals surface area contributed by atoms with Crippen molar-refractivity contribution in [1.29, 1.82) is 0 Å². The van der Waals surface area contributed by atoms with Gasteiger partial charge < -0.3 is 19.5 Å². The van der Waals surface area contributed by atoms with Crippen molar-refractivity contribution in [3.8, 4) is 5.75 Å². The number of aromatic nitrogens is 1. The molecule has 36 heavy (non-hydrogen) atoms. The molecule has 2 bridgehead atoms. The number of nitrogens with zero attached hydrogens (tertiary/aromatic N) is 2. The standard InChI is InChI=1S/C25H25FN4O5S/c1-35-20-7-5-19(6-8-20)27-25(32)29-13-16-11-17(15-29)23-10-9-22(24(31)30(23)14-16)28-36(33,34)21-4-2-3-18(26)12-21/h2-10,12,16-17,28H,11,13-15H2,1H3,(H,27,32)/t16-,17-/m1/s1. The molecule has 188 valence electrons. The van der Waals surface area contributed by atoms with Gasteiger partial charge in [-0.05, 0) is 66.9 Å². The fourth-order valence-electron chi connectivity index (χ4n) is 4.90. The Labute approximate surface area is 207 Å². The number of ether oxygens (including phenoxy) is 1. The number of piperidine rings is 1. The van der Waals surface area contributed by atoms with Gasteiger partial charge in [0, 0.05) is 36.9 Å². The molecule has 11 heteroatoms. The number of anilines is 2. The third-order valence-corrected chi connectivity index (χ3v) is 7.95. The van der Waals surface area contributed by atoms with Crippen LogP contribution in [0.3, 0.4) is 0 Å². The summed E-state index contributed by atoms with van der Waals surface area (Å²) in [6, 6.07) is 14.6. The molecular weight excluding hydrogens is 487 g/mol. The van der Waals surface area contributed by atoms with E-state index in [0.717, 1.165) is 24.2 Å². The second-order valence-corrected chi connectivity index (χ2v) is 10.7. The molecule has 0 aliphatic carbocycles. The third-order valence-electron chi connectivity index (χ3n) is 6.58. The average molecular weight is 513 g/mol. The minimum absolute atomic E-state index is 0.0469. The molecule has 0 unspecified atom stereocenters. The fourth-order valence-corrected chi connectivity index (χ4v) is 5.99. The molecular formula is C25H25FN4O5S. The van der Waals surface area contributed by atoms with Crippen LogP contribution in [0.25, 0.3) is 0 Å². The van der Waals surface area contributed by atoms with Crippen LogP contribution in [0.2, 0.25) is 0 Å². The van der Waals surface area contributed by atoms with Crippen LogP contribution in [0.1, 0.15) is 18.0 Å². The summed E-state index contributed by atoms with van der Waals surface area (Å²) in [6.07, 6.45) is 0.833. The van der Waals surface area contributed by atoms with Crippen molar-refractivity contribution in [3.05, 3.63) is 82.5 Å². The Kier molecular flexibility index (Phi) is 6.17. The lowest BCUT2D eigenvalue weighted by molar-refractivity contribution is 0.139. The molecule has 2 aromatic carbocycles. The van der Waals surface area contributed by atoms with Crippen LogP contribution in [0, 0.1) is 11.7 Å². The van der Waals surface area contributed by atoms with Gasteiger partial charge in [-0.2, -0.15) is 0 Å². The molecule has 3 aromatic rings. The van der Waals surface area contributed by atoms with Crippen LogP contribution in [0.5, 0.6) is 5.75 Å². The molecule has 0 spiro atoms. The van der Waals surface area contributed by atoms with Crippen molar-refractivity contribution >= 4 is 27.4 Å². The number of sulfonamides is 1. The van der Waals surface area contributed by atoms with Gasteiger partial charge in [-0.1, -0.05) is 6.07 Å². The fraction of sp³-hybridized carbons (Fsp3) is 0.280. The Morgan fingerprint density at radius 1 is 1.06 bits per heavy atom. The zero-order valence-corrected chi connectivity index (χ0v) is 20.3. The van der Waals surface area contributed by atoms with E-state index >= 15 is 0 Å². The first-order chi connectivity index (χ1) is 17.2. The summed E-state index contributed by atoms with van der Waals surface area (Å²) in [5.41, 5.74) is 0.852. The van der Waals surface area contributed by atoms with Crippen molar-refractivity contribution < 1.29 is 22.3 Å². The molecule has 1 fully saturated rings. The quantitative estimate of drug-likeness (QED) is 0.544. The highest BCUT2D eigenvalue weighted by molar-refractivity contribution is 7.92. The smallest absolute Gasteiger partial charge is 0.321 e. The van der Waals surface area contributed by atoms with Crippen LogP contribution in [-0.2, 0) is 16.6 Å². The van der Waals surface area contributed by atoms with Crippen LogP contribution in [-0.4, -0.2) is 44.1 Å². The minimum Gasteiger partial charge on any atom is -0.497 e. The van der Waals surface area contributed by atoms with E-state index < -0.39 is 21.4 Å². The van der Waals surface area contributed by atoms with Crippen molar-refractivity contribution in [1.82, 2.24) is 9.47 Å². The van der Waals surface area contributed by atoms with Gasteiger partial charge in [-0.25, -0.2) is 17.6 Å². The maximum Gasteiger partial charge on any atom is 0.321 e. The first kappa shape index (κ1) is 23.9. The first-order valence-electron chi connectivity index (χ1n) is 11.5. The number of urea groups is 1. The zero-order chi connectivity index (χ0) is 25.4. The number of carbonyl (C=O) groups is 1. The normalized spacial score (nSPS) is 18.8. The Bertz CT molecular complexity index is 1470. The van der Waals surface area contributed by atoms with Crippen LogP contribution in [0.4, 0.5) is 20.6 Å². The van der Waals surface area contributed by atoms with E-state index in [9.17, 15) is 22.4 Å². The van der Waals surface area contributed by atoms with Gasteiger partial charge in [0.15, 0.2) is 0 Å². The SMILES string of the molecule is COc1ccc(NC(=O)N2C[C@H]3C[C@H](C2)c2ccc(NS(=O)(=O)c4cccc(F)c4)c(=O)n2C3)cc1. The maximum atomic E-state index is 13.5. The molecule has 0 radical (unpaired) electrons. The lowest BCUT2D eigenvalue weighted by atomic mass is 9.83. The number of carbonyl (C=O) groups excluding carboxylic acids is 1. The highest BCUT2D eigenvalue weighted by Gasteiger charge is 2.37. The van der Waals surface area contributed by atoms with Crippen LogP contribution in [0.15, 0.2) is 70.4 Å². The molecule has 5 rings (SSSR count). The number of likely N-dealkylation sites (tertiary alicyclic amines) is 1. The molecule has 1 aromatic heterocycles. The van der Waals surface area contributed by atoms with Gasteiger partial charge >= 0.3 is 6.03 Å². The first-order valence-corrected chi connectivity index (χ1v) is 12.9. The number of benzene rings is 2. The van der Waals surface area contributed by atoms with Crippen molar-refractivity contribution in [3.63, 3.8) is 0 Å². The van der Waals surface area contributed by atoms with Gasteiger partial charge in [0.25, 0.3) is 15.6 Å². The van der Waals surface area contributed by atoms with Crippen molar-refractivity contribution in [2.75, 3.05) is 30.2 Å². The number of hydrogen-bond acceptors (Lipinski definition) is 5. The number of fused-ring (bicyclic) bond motifs is 4. The van der Waals surface area contributed by atoms with Crippen LogP contribution < -0.4 is 20.3 Å². The molecule has 2 atom stereocenters. The van der Waals surface area contributed by atoms with E-state index in [2.05, 4.69) is 10.0 Å².